The number of halogens is 3. The molecular weight excluding hydrogens is 351 g/mol. The number of carbonyl (C=O) groups excluding carboxylic acids is 1. The summed E-state index contributed by atoms with van der Waals surface area (Å²) >= 11 is 0.995. The molecular formula is C17H12F3N3OS. The first-order chi connectivity index (χ1) is 12.0. The van der Waals surface area contributed by atoms with Crippen LogP contribution >= 0.6 is 11.8 Å². The van der Waals surface area contributed by atoms with E-state index in [0.717, 1.165) is 23.9 Å². The number of aromatic nitrogens is 3. The van der Waals surface area contributed by atoms with Gasteiger partial charge in [-0.15, -0.1) is 5.10 Å². The average molecular weight is 363 g/mol. The molecule has 2 aromatic carbocycles. The van der Waals surface area contributed by atoms with Crippen molar-refractivity contribution in [2.45, 2.75) is 17.3 Å². The Balaban J connectivity index is 1.76. The van der Waals surface area contributed by atoms with E-state index < -0.39 is 28.5 Å². The standard InChI is InChI=1S/C17H12F3N3OS/c1-9(15(24)11-7-6-10(18)8-14(11)20)25-17-21-16(22-23-17)12-4-2-3-5-13(12)19/h2-9H,1H3,(H,21,22,23). The minimum absolute atomic E-state index is 0.203. The summed E-state index contributed by atoms with van der Waals surface area (Å²) in [6.45, 7) is 1.56. The predicted molar refractivity (Wildman–Crippen MR) is 87.8 cm³/mol. The largest absolute Gasteiger partial charge is 0.293 e. The van der Waals surface area contributed by atoms with E-state index in [1.54, 1.807) is 25.1 Å². The van der Waals surface area contributed by atoms with Crippen LogP contribution in [0.3, 0.4) is 0 Å². The highest BCUT2D eigenvalue weighted by atomic mass is 32.2. The molecule has 0 spiro atoms. The van der Waals surface area contributed by atoms with Crippen LogP contribution in [0.5, 0.6) is 0 Å². The van der Waals surface area contributed by atoms with Gasteiger partial charge in [0.1, 0.15) is 17.5 Å². The van der Waals surface area contributed by atoms with Crippen LogP contribution in [0.2, 0.25) is 0 Å². The van der Waals surface area contributed by atoms with Crippen molar-refractivity contribution in [2.24, 2.45) is 0 Å². The number of carbonyl (C=O) groups is 1. The summed E-state index contributed by atoms with van der Waals surface area (Å²) in [5.41, 5.74) is 0.0525. The lowest BCUT2D eigenvalue weighted by molar-refractivity contribution is 0.0990. The summed E-state index contributed by atoms with van der Waals surface area (Å²) in [5.74, 6) is -2.40. The molecule has 1 unspecified atom stereocenters. The Labute approximate surface area is 145 Å². The van der Waals surface area contributed by atoms with Crippen LogP contribution in [0, 0.1) is 17.5 Å². The zero-order valence-corrected chi connectivity index (χ0v) is 13.8. The van der Waals surface area contributed by atoms with Crippen molar-refractivity contribution in [3.8, 4) is 11.4 Å². The summed E-state index contributed by atoms with van der Waals surface area (Å²) in [5, 5.41) is 6.07. The van der Waals surface area contributed by atoms with E-state index in [-0.39, 0.29) is 22.1 Å². The van der Waals surface area contributed by atoms with Gasteiger partial charge in [-0.1, -0.05) is 23.9 Å². The third-order valence-corrected chi connectivity index (χ3v) is 4.40. The molecule has 1 aromatic heterocycles. The molecule has 1 heterocycles. The molecule has 128 valence electrons. The highest BCUT2D eigenvalue weighted by molar-refractivity contribution is 8.00. The molecule has 0 aliphatic rings. The number of ketones is 1. The topological polar surface area (TPSA) is 58.6 Å². The smallest absolute Gasteiger partial charge is 0.209 e. The number of Topliss-reactive ketones (excluding diaryl/α,β-unsaturated/α-hetero) is 1. The average Bonchev–Trinajstić information content (AvgIpc) is 3.03. The second kappa shape index (κ2) is 7.10. The van der Waals surface area contributed by atoms with Crippen molar-refractivity contribution in [3.63, 3.8) is 0 Å². The number of hydrogen-bond donors (Lipinski definition) is 1. The summed E-state index contributed by atoms with van der Waals surface area (Å²) in [4.78, 5) is 16.4. The minimum Gasteiger partial charge on any atom is -0.293 e. The molecule has 1 N–H and O–H groups in total. The van der Waals surface area contributed by atoms with Crippen molar-refractivity contribution < 1.29 is 18.0 Å². The number of thioether (sulfide) groups is 1. The van der Waals surface area contributed by atoms with Gasteiger partial charge in [0.2, 0.25) is 5.16 Å². The predicted octanol–water partition coefficient (Wildman–Crippen LogP) is 4.25. The fourth-order valence-corrected chi connectivity index (χ4v) is 2.99. The normalized spacial score (nSPS) is 12.2. The third kappa shape index (κ3) is 3.74. The molecule has 0 fully saturated rings. The van der Waals surface area contributed by atoms with Gasteiger partial charge in [-0.3, -0.25) is 9.89 Å². The van der Waals surface area contributed by atoms with E-state index in [1.165, 1.54) is 6.07 Å². The molecule has 8 heteroatoms. The third-order valence-electron chi connectivity index (χ3n) is 3.44. The monoisotopic (exact) mass is 363 g/mol. The number of H-pyrrole nitrogens is 1. The van der Waals surface area contributed by atoms with Crippen molar-refractivity contribution >= 4 is 17.5 Å². The maximum atomic E-state index is 13.8. The zero-order valence-electron chi connectivity index (χ0n) is 13.0. The van der Waals surface area contributed by atoms with Crippen LogP contribution < -0.4 is 0 Å². The Morgan fingerprint density at radius 2 is 1.88 bits per heavy atom. The number of benzene rings is 2. The molecule has 3 rings (SSSR count). The molecule has 4 nitrogen and oxygen atoms in total. The molecule has 0 radical (unpaired) electrons. The molecule has 0 saturated heterocycles. The Morgan fingerprint density at radius 3 is 2.60 bits per heavy atom. The van der Waals surface area contributed by atoms with Crippen LogP contribution in [-0.2, 0) is 0 Å². The molecule has 0 aliphatic heterocycles. The lowest BCUT2D eigenvalue weighted by Crippen LogP contribution is -2.15. The number of aromatic amines is 1. The first-order valence-electron chi connectivity index (χ1n) is 7.29. The lowest BCUT2D eigenvalue weighted by atomic mass is 10.1. The zero-order chi connectivity index (χ0) is 18.0. The fraction of sp³-hybridized carbons (Fsp3) is 0.118. The van der Waals surface area contributed by atoms with E-state index in [1.807, 2.05) is 0 Å². The van der Waals surface area contributed by atoms with E-state index in [4.69, 9.17) is 0 Å². The number of nitrogens with one attached hydrogen (secondary N) is 1. The maximum Gasteiger partial charge on any atom is 0.209 e. The van der Waals surface area contributed by atoms with E-state index in [0.29, 0.717) is 6.07 Å². The summed E-state index contributed by atoms with van der Waals surface area (Å²) in [6.07, 6.45) is 0. The van der Waals surface area contributed by atoms with E-state index >= 15 is 0 Å². The van der Waals surface area contributed by atoms with Crippen LogP contribution in [0.1, 0.15) is 17.3 Å². The Bertz CT molecular complexity index is 929. The highest BCUT2D eigenvalue weighted by Gasteiger charge is 2.22. The van der Waals surface area contributed by atoms with Crippen LogP contribution in [0.15, 0.2) is 47.6 Å². The Kier molecular flexibility index (Phi) is 4.89. The summed E-state index contributed by atoms with van der Waals surface area (Å²) in [6, 6.07) is 8.86. The van der Waals surface area contributed by atoms with Crippen LogP contribution in [-0.4, -0.2) is 26.2 Å². The van der Waals surface area contributed by atoms with Gasteiger partial charge in [-0.05, 0) is 31.2 Å². The van der Waals surface area contributed by atoms with Crippen molar-refractivity contribution in [3.05, 3.63) is 65.5 Å². The molecule has 25 heavy (non-hydrogen) atoms. The van der Waals surface area contributed by atoms with E-state index in [2.05, 4.69) is 15.2 Å². The fourth-order valence-electron chi connectivity index (χ4n) is 2.19. The molecule has 0 saturated carbocycles. The van der Waals surface area contributed by atoms with Crippen molar-refractivity contribution in [1.29, 1.82) is 0 Å². The molecule has 3 aromatic rings. The van der Waals surface area contributed by atoms with Gasteiger partial charge >= 0.3 is 0 Å². The van der Waals surface area contributed by atoms with Gasteiger partial charge in [0, 0.05) is 6.07 Å². The molecule has 0 bridgehead atoms. The quantitative estimate of drug-likeness (QED) is 0.544. The number of rotatable bonds is 5. The van der Waals surface area contributed by atoms with Gasteiger partial charge < -0.3 is 0 Å². The van der Waals surface area contributed by atoms with Gasteiger partial charge in [0.05, 0.1) is 16.4 Å². The molecule has 1 atom stereocenters. The molecule has 0 aliphatic carbocycles. The Hall–Kier alpha value is -2.61. The Morgan fingerprint density at radius 1 is 1.12 bits per heavy atom. The summed E-state index contributed by atoms with van der Waals surface area (Å²) in [7, 11) is 0. The van der Waals surface area contributed by atoms with Gasteiger partial charge in [-0.2, -0.15) is 0 Å². The molecule has 0 amide bonds. The van der Waals surface area contributed by atoms with Crippen molar-refractivity contribution in [1.82, 2.24) is 15.2 Å². The van der Waals surface area contributed by atoms with Crippen LogP contribution in [0.4, 0.5) is 13.2 Å². The number of nitrogens with zero attached hydrogens (tertiary/aromatic N) is 2. The van der Waals surface area contributed by atoms with Gasteiger partial charge in [-0.25, -0.2) is 18.2 Å². The first-order valence-corrected chi connectivity index (χ1v) is 8.17. The SMILES string of the molecule is CC(Sc1n[nH]c(-c2ccccc2F)n1)C(=O)c1ccc(F)cc1F. The second-order valence-electron chi connectivity index (χ2n) is 5.19. The van der Waals surface area contributed by atoms with Crippen LogP contribution in [0.25, 0.3) is 11.4 Å². The van der Waals surface area contributed by atoms with E-state index in [9.17, 15) is 18.0 Å². The maximum absolute atomic E-state index is 13.8. The highest BCUT2D eigenvalue weighted by Crippen LogP contribution is 2.26. The second-order valence-corrected chi connectivity index (χ2v) is 6.50. The van der Waals surface area contributed by atoms with Gasteiger partial charge in [0.25, 0.3) is 0 Å². The number of hydrogen-bond acceptors (Lipinski definition) is 4. The van der Waals surface area contributed by atoms with Crippen molar-refractivity contribution in [2.75, 3.05) is 0 Å². The minimum atomic E-state index is -0.917. The van der Waals surface area contributed by atoms with Gasteiger partial charge in [0.15, 0.2) is 11.6 Å². The lowest BCUT2D eigenvalue weighted by Gasteiger charge is -2.08. The first kappa shape index (κ1) is 17.2. The summed E-state index contributed by atoms with van der Waals surface area (Å²) < 4.78 is 40.4.